The van der Waals surface area contributed by atoms with Gasteiger partial charge in [0.05, 0.1) is 35.9 Å². The van der Waals surface area contributed by atoms with Crippen molar-refractivity contribution in [1.82, 2.24) is 29.2 Å². The molecule has 11 heteroatoms. The lowest BCUT2D eigenvalue weighted by molar-refractivity contribution is 0.101. The molecule has 186 valence electrons. The van der Waals surface area contributed by atoms with Gasteiger partial charge in [0.1, 0.15) is 29.1 Å². The molecule has 4 heterocycles. The van der Waals surface area contributed by atoms with E-state index in [1.54, 1.807) is 37.7 Å². The van der Waals surface area contributed by atoms with Gasteiger partial charge in [-0.25, -0.2) is 14.6 Å². The number of hydrogen-bond acceptors (Lipinski definition) is 8. The fourth-order valence-corrected chi connectivity index (χ4v) is 4.34. The first-order valence-corrected chi connectivity index (χ1v) is 11.8. The average molecular weight is 515 g/mol. The molecule has 0 atom stereocenters. The molecule has 1 N–H and O–H groups in total. The molecule has 37 heavy (non-hydrogen) atoms. The van der Waals surface area contributed by atoms with E-state index in [9.17, 15) is 10.1 Å². The number of likely N-dealkylation sites (N-methyl/N-ethyl adjacent to an activating group) is 1. The highest BCUT2D eigenvalue weighted by Gasteiger charge is 2.19. The van der Waals surface area contributed by atoms with Gasteiger partial charge in [-0.1, -0.05) is 11.6 Å². The summed E-state index contributed by atoms with van der Waals surface area (Å²) >= 11 is 6.23. The molecule has 0 bridgehead atoms. The van der Waals surface area contributed by atoms with Gasteiger partial charge in [0.15, 0.2) is 17.3 Å². The van der Waals surface area contributed by atoms with Crippen molar-refractivity contribution in [3.63, 3.8) is 0 Å². The number of ether oxygens (including phenoxy) is 1. The van der Waals surface area contributed by atoms with Crippen LogP contribution in [0.5, 0.6) is 0 Å². The number of benzene rings is 1. The number of pyridine rings is 1. The van der Waals surface area contributed by atoms with E-state index < -0.39 is 0 Å². The Hall–Kier alpha value is -4.62. The Morgan fingerprint density at radius 3 is 2.76 bits per heavy atom. The van der Waals surface area contributed by atoms with E-state index in [4.69, 9.17) is 21.3 Å². The normalized spacial score (nSPS) is 13.5. The van der Waals surface area contributed by atoms with E-state index in [0.29, 0.717) is 40.4 Å². The number of ketones is 1. The van der Waals surface area contributed by atoms with Gasteiger partial charge in [-0.2, -0.15) is 10.4 Å². The number of nitriles is 1. The Balaban J connectivity index is 1.53. The molecule has 0 spiro atoms. The molecule has 1 aliphatic rings. The highest BCUT2D eigenvalue weighted by Crippen LogP contribution is 2.27. The van der Waals surface area contributed by atoms with Gasteiger partial charge in [-0.3, -0.25) is 9.36 Å². The van der Waals surface area contributed by atoms with Crippen LogP contribution in [0.2, 0.25) is 0 Å². The molecule has 3 aromatic heterocycles. The maximum atomic E-state index is 12.3. The fraction of sp³-hybridized carbons (Fsp3) is 0.192. The minimum atomic E-state index is -0.150. The van der Waals surface area contributed by atoms with Gasteiger partial charge in [-0.05, 0) is 50.2 Å². The summed E-state index contributed by atoms with van der Waals surface area (Å²) in [5.41, 5.74) is 4.67. The lowest BCUT2D eigenvalue weighted by Crippen LogP contribution is -2.26. The predicted molar refractivity (Wildman–Crippen MR) is 140 cm³/mol. The number of methoxy groups -OCH3 is 1. The maximum Gasteiger partial charge on any atom is 0.166 e. The highest BCUT2D eigenvalue weighted by molar-refractivity contribution is 6.29. The number of aromatic nitrogens is 5. The van der Waals surface area contributed by atoms with Crippen molar-refractivity contribution in [3.05, 3.63) is 82.4 Å². The summed E-state index contributed by atoms with van der Waals surface area (Å²) in [5.74, 6) is 1.44. The number of nitrogens with zero attached hydrogens (tertiary/aromatic N) is 7. The van der Waals surface area contributed by atoms with Gasteiger partial charge in [0.2, 0.25) is 0 Å². The van der Waals surface area contributed by atoms with Gasteiger partial charge in [0.25, 0.3) is 0 Å². The summed E-state index contributed by atoms with van der Waals surface area (Å²) in [7, 11) is 3.51. The maximum absolute atomic E-state index is 12.3. The zero-order valence-electron chi connectivity index (χ0n) is 20.7. The summed E-state index contributed by atoms with van der Waals surface area (Å²) in [5, 5.41) is 17.6. The molecule has 1 aromatic carbocycles. The summed E-state index contributed by atoms with van der Waals surface area (Å²) in [4.78, 5) is 23.6. The molecule has 0 amide bonds. The third-order valence-corrected chi connectivity index (χ3v) is 6.46. The van der Waals surface area contributed by atoms with E-state index in [1.807, 2.05) is 47.7 Å². The summed E-state index contributed by atoms with van der Waals surface area (Å²) in [6, 6.07) is 13.0. The smallest absolute Gasteiger partial charge is 0.166 e. The first-order valence-electron chi connectivity index (χ1n) is 11.4. The van der Waals surface area contributed by atoms with Gasteiger partial charge in [-0.15, -0.1) is 0 Å². The van der Waals surface area contributed by atoms with Crippen molar-refractivity contribution in [2.75, 3.05) is 26.0 Å². The molecule has 4 aromatic rings. The van der Waals surface area contributed by atoms with Gasteiger partial charge >= 0.3 is 0 Å². The van der Waals surface area contributed by atoms with Crippen molar-refractivity contribution in [3.8, 4) is 17.7 Å². The van der Waals surface area contributed by atoms with Crippen LogP contribution in [0.25, 0.3) is 22.7 Å². The van der Waals surface area contributed by atoms with Crippen LogP contribution >= 0.6 is 11.6 Å². The lowest BCUT2D eigenvalue weighted by Gasteiger charge is -2.26. The second-order valence-corrected chi connectivity index (χ2v) is 8.99. The van der Waals surface area contributed by atoms with Crippen LogP contribution in [0.3, 0.4) is 0 Å². The molecular formula is C26H23ClN8O2. The Bertz CT molecular complexity index is 1660. The highest BCUT2D eigenvalue weighted by atomic mass is 35.5. The number of aryl methyl sites for hydroxylation is 1. The summed E-state index contributed by atoms with van der Waals surface area (Å²) in [6.45, 7) is 3.86. The van der Waals surface area contributed by atoms with Crippen molar-refractivity contribution in [2.45, 2.75) is 13.8 Å². The quantitative estimate of drug-likeness (QED) is 0.299. The van der Waals surface area contributed by atoms with Crippen LogP contribution in [0, 0.1) is 18.3 Å². The Labute approximate surface area is 218 Å². The fourth-order valence-electron chi connectivity index (χ4n) is 4.18. The number of Topliss-reactive ketones (excluding diaryl/α,β-unsaturated/α-hetero) is 1. The van der Waals surface area contributed by atoms with Gasteiger partial charge in [0, 0.05) is 24.5 Å². The van der Waals surface area contributed by atoms with Crippen LogP contribution < -0.4 is 5.32 Å². The molecule has 0 fully saturated rings. The molecule has 0 saturated carbocycles. The number of fused-ring (bicyclic) bond motifs is 1. The molecule has 0 radical (unpaired) electrons. The molecule has 5 rings (SSSR count). The van der Waals surface area contributed by atoms with Crippen LogP contribution in [-0.2, 0) is 4.74 Å². The summed E-state index contributed by atoms with van der Waals surface area (Å²) < 4.78 is 8.85. The Morgan fingerprint density at radius 2 is 2.05 bits per heavy atom. The number of anilines is 1. The Morgan fingerprint density at radius 1 is 1.24 bits per heavy atom. The third-order valence-electron chi connectivity index (χ3n) is 6.06. The number of carbonyl (C=O) groups excluding carboxylic acids is 1. The molecule has 0 unspecified atom stereocenters. The molecule has 0 aliphatic carbocycles. The average Bonchev–Trinajstić information content (AvgIpc) is 3.48. The number of rotatable bonds is 6. The molecule has 10 nitrogen and oxygen atoms in total. The number of nitrogens with one attached hydrogen (secondary N) is 1. The van der Waals surface area contributed by atoms with Crippen molar-refractivity contribution in [2.24, 2.45) is 0 Å². The number of imidazole rings is 1. The monoisotopic (exact) mass is 514 g/mol. The van der Waals surface area contributed by atoms with Crippen molar-refractivity contribution in [1.29, 1.82) is 5.26 Å². The van der Waals surface area contributed by atoms with Crippen LogP contribution in [-0.4, -0.2) is 55.7 Å². The molecular weight excluding hydrogens is 492 g/mol. The van der Waals surface area contributed by atoms with E-state index >= 15 is 0 Å². The zero-order chi connectivity index (χ0) is 26.3. The zero-order valence-corrected chi connectivity index (χ0v) is 21.4. The molecule has 1 aliphatic heterocycles. The minimum absolute atomic E-state index is 0.150. The van der Waals surface area contributed by atoms with Crippen LogP contribution in [0.4, 0.5) is 5.69 Å². The van der Waals surface area contributed by atoms with E-state index in [2.05, 4.69) is 15.4 Å². The number of allylic oxidation sites excluding steroid dienone is 1. The van der Waals surface area contributed by atoms with Crippen molar-refractivity contribution < 1.29 is 9.53 Å². The minimum Gasteiger partial charge on any atom is -0.495 e. The van der Waals surface area contributed by atoms with Crippen LogP contribution in [0.1, 0.15) is 28.7 Å². The van der Waals surface area contributed by atoms with E-state index in [-0.39, 0.29) is 11.5 Å². The standard InChI is InChI=1S/C26H23ClN8O2/c1-15-9-18(12-28)32-35(15)26-19(16(2)36)6-8-25(31-26)34-14-29-20-10-17(5-7-22(20)34)30-21-13-33(3)24(27)11-23(21)37-4/h5-11,14,30H,13H2,1-4H3. The first kappa shape index (κ1) is 24.1. The van der Waals surface area contributed by atoms with Crippen molar-refractivity contribution >= 4 is 34.1 Å². The molecule has 0 saturated heterocycles. The first-order chi connectivity index (χ1) is 17.8. The van der Waals surface area contributed by atoms with E-state index in [1.165, 1.54) is 11.6 Å². The predicted octanol–water partition coefficient (Wildman–Crippen LogP) is 4.28. The number of halogens is 1. The number of carbonyl (C=O) groups is 1. The number of hydrogen-bond donors (Lipinski definition) is 1. The second-order valence-electron chi connectivity index (χ2n) is 8.60. The third kappa shape index (κ3) is 4.41. The van der Waals surface area contributed by atoms with Gasteiger partial charge < -0.3 is 15.0 Å². The Kier molecular flexibility index (Phi) is 6.15. The van der Waals surface area contributed by atoms with E-state index in [0.717, 1.165) is 22.4 Å². The SMILES string of the molecule is COC1=C(Nc2ccc3c(c2)ncn3-c2ccc(C(C)=O)c(-n3nc(C#N)cc3C)n2)CN(C)C(Cl)=C1. The summed E-state index contributed by atoms with van der Waals surface area (Å²) in [6.07, 6.45) is 3.46. The van der Waals surface area contributed by atoms with Crippen LogP contribution in [0.15, 0.2) is 65.4 Å². The lowest BCUT2D eigenvalue weighted by atomic mass is 10.2. The largest absolute Gasteiger partial charge is 0.495 e. The second kappa shape index (κ2) is 9.44. The topological polar surface area (TPSA) is 114 Å².